The second kappa shape index (κ2) is 5.40. The van der Waals surface area contributed by atoms with Gasteiger partial charge in [0.2, 0.25) is 0 Å². The Morgan fingerprint density at radius 2 is 2.05 bits per heavy atom. The third-order valence-corrected chi connectivity index (χ3v) is 3.34. The number of nitrogens with zero attached hydrogens (tertiary/aromatic N) is 1. The molecule has 2 aromatic rings. The molecule has 2 N–H and O–H groups in total. The Morgan fingerprint density at radius 1 is 1.32 bits per heavy atom. The Morgan fingerprint density at radius 3 is 2.68 bits per heavy atom. The molecule has 0 aliphatic rings. The molecule has 0 aliphatic heterocycles. The van der Waals surface area contributed by atoms with Gasteiger partial charge in [0.05, 0.1) is 10.0 Å². The number of nitrogens with one attached hydrogen (secondary N) is 1. The molecule has 0 amide bonds. The summed E-state index contributed by atoms with van der Waals surface area (Å²) in [5.41, 5.74) is 3.35. The maximum Gasteiger partial charge on any atom is 0.337 e. The van der Waals surface area contributed by atoms with Crippen LogP contribution in [0.1, 0.15) is 21.5 Å². The molecule has 0 saturated heterocycles. The highest BCUT2D eigenvalue weighted by molar-refractivity contribution is 9.10. The van der Waals surface area contributed by atoms with Gasteiger partial charge in [0.1, 0.15) is 5.82 Å². The second-order valence-electron chi connectivity index (χ2n) is 4.30. The van der Waals surface area contributed by atoms with Gasteiger partial charge in [-0.05, 0) is 53.0 Å². The molecule has 0 saturated carbocycles. The van der Waals surface area contributed by atoms with E-state index in [-0.39, 0.29) is 5.56 Å². The molecule has 1 aromatic carbocycles. The number of pyridine rings is 1. The van der Waals surface area contributed by atoms with E-state index < -0.39 is 5.97 Å². The van der Waals surface area contributed by atoms with Crippen LogP contribution in [0.3, 0.4) is 0 Å². The molecule has 19 heavy (non-hydrogen) atoms. The molecule has 1 heterocycles. The lowest BCUT2D eigenvalue weighted by atomic mass is 10.1. The third-order valence-electron chi connectivity index (χ3n) is 2.73. The van der Waals surface area contributed by atoms with E-state index in [1.165, 1.54) is 12.3 Å². The highest BCUT2D eigenvalue weighted by Gasteiger charge is 2.09. The van der Waals surface area contributed by atoms with Crippen LogP contribution >= 0.6 is 15.9 Å². The molecule has 1 aromatic heterocycles. The van der Waals surface area contributed by atoms with Gasteiger partial charge in [0.25, 0.3) is 0 Å². The summed E-state index contributed by atoms with van der Waals surface area (Å²) < 4.78 is 0.619. The fourth-order valence-corrected chi connectivity index (χ4v) is 2.09. The Hall–Kier alpha value is -1.88. The van der Waals surface area contributed by atoms with Gasteiger partial charge < -0.3 is 10.4 Å². The van der Waals surface area contributed by atoms with Crippen LogP contribution in [-0.4, -0.2) is 16.1 Å². The van der Waals surface area contributed by atoms with Gasteiger partial charge in [-0.3, -0.25) is 0 Å². The fraction of sp³-hybridized carbons (Fsp3) is 0.143. The molecular formula is C14H13BrN2O2. The van der Waals surface area contributed by atoms with Crippen molar-refractivity contribution in [3.63, 3.8) is 0 Å². The van der Waals surface area contributed by atoms with Gasteiger partial charge >= 0.3 is 5.97 Å². The number of rotatable bonds is 3. The average Bonchev–Trinajstić information content (AvgIpc) is 2.36. The normalized spacial score (nSPS) is 10.3. The zero-order valence-electron chi connectivity index (χ0n) is 10.6. The van der Waals surface area contributed by atoms with Gasteiger partial charge in [-0.1, -0.05) is 12.1 Å². The van der Waals surface area contributed by atoms with Crippen molar-refractivity contribution in [2.45, 2.75) is 13.8 Å². The van der Waals surface area contributed by atoms with Gasteiger partial charge in [-0.25, -0.2) is 9.78 Å². The Labute approximate surface area is 119 Å². The largest absolute Gasteiger partial charge is 0.478 e. The SMILES string of the molecule is Cc1ccc(C)c(Nc2ncc(C(=O)O)cc2Br)c1. The molecule has 0 unspecified atom stereocenters. The number of aromatic carboxylic acids is 1. The first-order valence-electron chi connectivity index (χ1n) is 5.70. The quantitative estimate of drug-likeness (QED) is 0.900. The van der Waals surface area contributed by atoms with Crippen LogP contribution in [0, 0.1) is 13.8 Å². The van der Waals surface area contributed by atoms with Crippen molar-refractivity contribution in [1.82, 2.24) is 4.98 Å². The third kappa shape index (κ3) is 3.12. The van der Waals surface area contributed by atoms with Crippen molar-refractivity contribution in [2.24, 2.45) is 0 Å². The van der Waals surface area contributed by atoms with E-state index in [4.69, 9.17) is 5.11 Å². The van der Waals surface area contributed by atoms with E-state index in [0.29, 0.717) is 10.3 Å². The number of aromatic nitrogens is 1. The van der Waals surface area contributed by atoms with Crippen LogP contribution in [0.25, 0.3) is 0 Å². The molecule has 5 heteroatoms. The number of aryl methyl sites for hydroxylation is 2. The van der Waals surface area contributed by atoms with Crippen LogP contribution in [-0.2, 0) is 0 Å². The van der Waals surface area contributed by atoms with E-state index in [9.17, 15) is 4.79 Å². The summed E-state index contributed by atoms with van der Waals surface area (Å²) in [6, 6.07) is 7.62. The lowest BCUT2D eigenvalue weighted by Crippen LogP contribution is -2.01. The number of hydrogen-bond donors (Lipinski definition) is 2. The molecule has 98 valence electrons. The first kappa shape index (κ1) is 13.5. The summed E-state index contributed by atoms with van der Waals surface area (Å²) in [6.45, 7) is 4.02. The van der Waals surface area contributed by atoms with Crippen molar-refractivity contribution in [2.75, 3.05) is 5.32 Å². The average molecular weight is 321 g/mol. The number of carboxylic acid groups (broad SMARTS) is 1. The van der Waals surface area contributed by atoms with Crippen LogP contribution < -0.4 is 5.32 Å². The van der Waals surface area contributed by atoms with Crippen LogP contribution in [0.4, 0.5) is 11.5 Å². The zero-order valence-corrected chi connectivity index (χ0v) is 12.2. The number of hydrogen-bond acceptors (Lipinski definition) is 3. The summed E-state index contributed by atoms with van der Waals surface area (Å²) in [5, 5.41) is 12.1. The minimum atomic E-state index is -0.994. The number of anilines is 2. The van der Waals surface area contributed by atoms with Crippen LogP contribution in [0.15, 0.2) is 34.9 Å². The zero-order chi connectivity index (χ0) is 14.0. The first-order chi connectivity index (χ1) is 8.97. The monoisotopic (exact) mass is 320 g/mol. The van der Waals surface area contributed by atoms with Crippen LogP contribution in [0.2, 0.25) is 0 Å². The summed E-state index contributed by atoms with van der Waals surface area (Å²) in [7, 11) is 0. The van der Waals surface area contributed by atoms with Crippen molar-refractivity contribution in [3.05, 3.63) is 51.6 Å². The number of halogens is 1. The van der Waals surface area contributed by atoms with Gasteiger partial charge in [-0.15, -0.1) is 0 Å². The summed E-state index contributed by atoms with van der Waals surface area (Å²) in [5.74, 6) is -0.398. The van der Waals surface area contributed by atoms with Gasteiger partial charge in [-0.2, -0.15) is 0 Å². The Kier molecular flexibility index (Phi) is 3.85. The predicted octanol–water partition coefficient (Wildman–Crippen LogP) is 3.90. The molecule has 0 radical (unpaired) electrons. The van der Waals surface area contributed by atoms with Gasteiger partial charge in [0.15, 0.2) is 0 Å². The number of carbonyl (C=O) groups is 1. The molecule has 0 bridgehead atoms. The fourth-order valence-electron chi connectivity index (χ4n) is 1.64. The maximum atomic E-state index is 10.8. The maximum absolute atomic E-state index is 10.8. The van der Waals surface area contributed by atoms with Crippen LogP contribution in [0.5, 0.6) is 0 Å². The summed E-state index contributed by atoms with van der Waals surface area (Å²) in [4.78, 5) is 15.0. The molecule has 0 aliphatic carbocycles. The molecule has 2 rings (SSSR count). The minimum Gasteiger partial charge on any atom is -0.478 e. The van der Waals surface area contributed by atoms with E-state index >= 15 is 0 Å². The molecular weight excluding hydrogens is 308 g/mol. The Balaban J connectivity index is 2.33. The number of carboxylic acids is 1. The minimum absolute atomic E-state index is 0.151. The van der Waals surface area contributed by atoms with E-state index in [1.54, 1.807) is 0 Å². The summed E-state index contributed by atoms with van der Waals surface area (Å²) >= 11 is 3.33. The van der Waals surface area contributed by atoms with E-state index in [1.807, 2.05) is 32.0 Å². The van der Waals surface area contributed by atoms with Crippen molar-refractivity contribution in [3.8, 4) is 0 Å². The Bertz CT molecular complexity index is 641. The molecule has 0 atom stereocenters. The number of benzene rings is 1. The molecule has 4 nitrogen and oxygen atoms in total. The van der Waals surface area contributed by atoms with Crippen molar-refractivity contribution >= 4 is 33.4 Å². The molecule has 0 spiro atoms. The highest BCUT2D eigenvalue weighted by atomic mass is 79.9. The summed E-state index contributed by atoms with van der Waals surface area (Å²) in [6.07, 6.45) is 1.33. The molecule has 0 fully saturated rings. The topological polar surface area (TPSA) is 62.2 Å². The van der Waals surface area contributed by atoms with E-state index in [2.05, 4.69) is 26.2 Å². The van der Waals surface area contributed by atoms with E-state index in [0.717, 1.165) is 16.8 Å². The second-order valence-corrected chi connectivity index (χ2v) is 5.16. The smallest absolute Gasteiger partial charge is 0.337 e. The van der Waals surface area contributed by atoms with Gasteiger partial charge in [0, 0.05) is 11.9 Å². The predicted molar refractivity (Wildman–Crippen MR) is 78.1 cm³/mol. The lowest BCUT2D eigenvalue weighted by molar-refractivity contribution is 0.0696. The van der Waals surface area contributed by atoms with Crippen molar-refractivity contribution in [1.29, 1.82) is 0 Å². The van der Waals surface area contributed by atoms with Crippen molar-refractivity contribution < 1.29 is 9.90 Å². The lowest BCUT2D eigenvalue weighted by Gasteiger charge is -2.11. The first-order valence-corrected chi connectivity index (χ1v) is 6.50. The highest BCUT2D eigenvalue weighted by Crippen LogP contribution is 2.26. The standard InChI is InChI=1S/C14H13BrN2O2/c1-8-3-4-9(2)12(5-8)17-13-11(15)6-10(7-16-13)14(18)19/h3-7H,1-2H3,(H,16,17)(H,18,19).